The van der Waals surface area contributed by atoms with Crippen molar-refractivity contribution in [3.8, 4) is 0 Å². The van der Waals surface area contributed by atoms with Crippen LogP contribution < -0.4 is 4.90 Å². The average molecular weight is 431 g/mol. The summed E-state index contributed by atoms with van der Waals surface area (Å²) in [7, 11) is 0. The number of hydrogen-bond acceptors (Lipinski definition) is 4. The molecule has 5 nitrogen and oxygen atoms in total. The van der Waals surface area contributed by atoms with E-state index in [9.17, 15) is 9.18 Å². The zero-order valence-electron chi connectivity index (χ0n) is 18.5. The third-order valence-electron chi connectivity index (χ3n) is 8.23. The normalized spacial score (nSPS) is 25.9. The Bertz CT molecular complexity index is 1220. The van der Waals surface area contributed by atoms with E-state index in [1.54, 1.807) is 0 Å². The first-order valence-electron chi connectivity index (χ1n) is 11.5. The summed E-state index contributed by atoms with van der Waals surface area (Å²) in [6.07, 6.45) is 1.82. The largest absolute Gasteiger partial charge is 0.368 e. The van der Waals surface area contributed by atoms with Crippen LogP contribution in [0.5, 0.6) is 0 Å². The molecule has 6 rings (SSSR count). The van der Waals surface area contributed by atoms with Gasteiger partial charge in [0.2, 0.25) is 5.91 Å². The highest BCUT2D eigenvalue weighted by molar-refractivity contribution is 5.92. The van der Waals surface area contributed by atoms with E-state index in [2.05, 4.69) is 18.7 Å². The molecule has 0 spiro atoms. The number of carbonyl (C=O) groups excluding carboxylic acids is 1. The molecule has 1 saturated carbocycles. The molecule has 2 atom stereocenters. The first kappa shape index (κ1) is 19.6. The number of piperazine rings is 1. The van der Waals surface area contributed by atoms with E-state index in [1.807, 2.05) is 41.3 Å². The molecule has 2 fully saturated rings. The fraction of sp³-hybridized carbons (Fsp3) is 0.423. The molecule has 2 unspecified atom stereocenters. The summed E-state index contributed by atoms with van der Waals surface area (Å²) in [4.78, 5) is 28.4. The van der Waals surface area contributed by atoms with E-state index >= 15 is 0 Å². The van der Waals surface area contributed by atoms with Crippen molar-refractivity contribution < 1.29 is 9.18 Å². The quantitative estimate of drug-likeness (QED) is 0.609. The first-order valence-corrected chi connectivity index (χ1v) is 11.5. The molecule has 1 amide bonds. The van der Waals surface area contributed by atoms with Crippen molar-refractivity contribution in [3.63, 3.8) is 0 Å². The molecule has 1 saturated heterocycles. The second kappa shape index (κ2) is 6.74. The van der Waals surface area contributed by atoms with Gasteiger partial charge in [-0.2, -0.15) is 0 Å². The number of para-hydroxylation sites is 2. The van der Waals surface area contributed by atoms with E-state index in [-0.39, 0.29) is 23.1 Å². The Morgan fingerprint density at radius 3 is 2.31 bits per heavy atom. The predicted molar refractivity (Wildman–Crippen MR) is 122 cm³/mol. The molecule has 6 heteroatoms. The number of rotatable bonds is 2. The highest BCUT2D eigenvalue weighted by Crippen LogP contribution is 2.67. The Kier molecular flexibility index (Phi) is 4.14. The van der Waals surface area contributed by atoms with Crippen LogP contribution in [0.2, 0.25) is 0 Å². The zero-order chi connectivity index (χ0) is 22.1. The maximum absolute atomic E-state index is 14.2. The topological polar surface area (TPSA) is 49.3 Å². The molecular formula is C26H27FN4O. The number of anilines is 1. The van der Waals surface area contributed by atoms with Gasteiger partial charge in [0.05, 0.1) is 27.8 Å². The van der Waals surface area contributed by atoms with Crippen LogP contribution in [0.4, 0.5) is 10.1 Å². The van der Waals surface area contributed by atoms with Crippen molar-refractivity contribution in [2.45, 2.75) is 38.0 Å². The zero-order valence-corrected chi connectivity index (χ0v) is 18.5. The van der Waals surface area contributed by atoms with Crippen molar-refractivity contribution in [2.75, 3.05) is 31.1 Å². The van der Waals surface area contributed by atoms with Crippen LogP contribution in [0.3, 0.4) is 0 Å². The van der Waals surface area contributed by atoms with Crippen molar-refractivity contribution in [1.29, 1.82) is 0 Å². The summed E-state index contributed by atoms with van der Waals surface area (Å²) in [5.41, 5.74) is 3.89. The second-order valence-corrected chi connectivity index (χ2v) is 9.92. The summed E-state index contributed by atoms with van der Waals surface area (Å²) in [5, 5.41) is 0. The predicted octanol–water partition coefficient (Wildman–Crippen LogP) is 4.27. The summed E-state index contributed by atoms with van der Waals surface area (Å²) < 4.78 is 13.3. The van der Waals surface area contributed by atoms with Gasteiger partial charge in [0.25, 0.3) is 0 Å². The monoisotopic (exact) mass is 430 g/mol. The Balaban J connectivity index is 1.33. The van der Waals surface area contributed by atoms with Crippen LogP contribution >= 0.6 is 0 Å². The molecule has 32 heavy (non-hydrogen) atoms. The van der Waals surface area contributed by atoms with Gasteiger partial charge in [0.15, 0.2) is 0 Å². The van der Waals surface area contributed by atoms with E-state index in [0.717, 1.165) is 54.0 Å². The lowest BCUT2D eigenvalue weighted by Gasteiger charge is -2.43. The maximum atomic E-state index is 14.2. The summed E-state index contributed by atoms with van der Waals surface area (Å²) in [6, 6.07) is 14.6. The molecule has 1 aliphatic heterocycles. The molecule has 164 valence electrons. The molecular weight excluding hydrogens is 403 g/mol. The first-order chi connectivity index (χ1) is 15.4. The van der Waals surface area contributed by atoms with E-state index in [0.29, 0.717) is 13.1 Å². The Hall–Kier alpha value is -3.02. The number of hydrogen-bond donors (Lipinski definition) is 0. The summed E-state index contributed by atoms with van der Waals surface area (Å²) in [6.45, 7) is 7.27. The number of benzene rings is 2. The van der Waals surface area contributed by atoms with Gasteiger partial charge in [0.1, 0.15) is 5.82 Å². The van der Waals surface area contributed by atoms with Gasteiger partial charge in [-0.1, -0.05) is 26.0 Å². The van der Waals surface area contributed by atoms with E-state index < -0.39 is 5.41 Å². The molecule has 2 aliphatic carbocycles. The number of halogens is 1. The van der Waals surface area contributed by atoms with Gasteiger partial charge >= 0.3 is 0 Å². The Morgan fingerprint density at radius 1 is 0.969 bits per heavy atom. The number of carbonyl (C=O) groups is 1. The Labute approximate surface area is 187 Å². The third kappa shape index (κ3) is 2.52. The van der Waals surface area contributed by atoms with Crippen LogP contribution in [0.1, 0.15) is 44.0 Å². The molecule has 0 radical (unpaired) electrons. The van der Waals surface area contributed by atoms with Gasteiger partial charge < -0.3 is 9.80 Å². The van der Waals surface area contributed by atoms with Gasteiger partial charge in [-0.15, -0.1) is 0 Å². The summed E-state index contributed by atoms with van der Waals surface area (Å²) in [5.74, 6) is 0.236. The average Bonchev–Trinajstić information content (AvgIpc) is 3.19. The van der Waals surface area contributed by atoms with Crippen LogP contribution in [-0.4, -0.2) is 47.0 Å². The van der Waals surface area contributed by atoms with Gasteiger partial charge in [0, 0.05) is 37.8 Å². The van der Waals surface area contributed by atoms with Crippen LogP contribution in [0, 0.1) is 11.2 Å². The lowest BCUT2D eigenvalue weighted by atomic mass is 9.67. The van der Waals surface area contributed by atoms with Gasteiger partial charge in [-0.25, -0.2) is 14.4 Å². The number of amides is 1. The SMILES string of the molecule is CC1(C)C2CCC1(C(=O)N1CCN(c3ccc(F)cc3)CC1)c1nc3ccccc3nc12. The standard InChI is InChI=1S/C26H27FN4O/c1-25(2)19-11-12-26(25,23-22(19)28-20-5-3-4-6-21(20)29-23)24(32)31-15-13-30(14-16-31)18-9-7-17(27)8-10-18/h3-10,19H,11-16H2,1-2H3. The van der Waals surface area contributed by atoms with Crippen molar-refractivity contribution in [1.82, 2.24) is 14.9 Å². The number of aromatic nitrogens is 2. The van der Waals surface area contributed by atoms with Crippen molar-refractivity contribution in [3.05, 3.63) is 65.7 Å². The molecule has 3 aliphatic rings. The molecule has 2 bridgehead atoms. The molecule has 2 heterocycles. The lowest BCUT2D eigenvalue weighted by molar-refractivity contribution is -0.141. The fourth-order valence-electron chi connectivity index (χ4n) is 6.39. The van der Waals surface area contributed by atoms with Crippen LogP contribution in [-0.2, 0) is 10.2 Å². The molecule has 3 aromatic rings. The van der Waals surface area contributed by atoms with E-state index in [1.165, 1.54) is 12.1 Å². The maximum Gasteiger partial charge on any atom is 0.235 e. The number of fused-ring (bicyclic) bond motifs is 6. The van der Waals surface area contributed by atoms with Crippen molar-refractivity contribution >= 4 is 22.6 Å². The van der Waals surface area contributed by atoms with Gasteiger partial charge in [-0.3, -0.25) is 4.79 Å². The van der Waals surface area contributed by atoms with Crippen LogP contribution in [0.15, 0.2) is 48.5 Å². The Morgan fingerprint density at radius 2 is 1.62 bits per heavy atom. The minimum atomic E-state index is -0.609. The van der Waals surface area contributed by atoms with Crippen molar-refractivity contribution in [2.24, 2.45) is 5.41 Å². The van der Waals surface area contributed by atoms with E-state index in [4.69, 9.17) is 9.97 Å². The summed E-state index contributed by atoms with van der Waals surface area (Å²) >= 11 is 0. The molecule has 1 aromatic heterocycles. The van der Waals surface area contributed by atoms with Gasteiger partial charge in [-0.05, 0) is 54.7 Å². The highest BCUT2D eigenvalue weighted by Gasteiger charge is 2.68. The number of nitrogens with zero attached hydrogens (tertiary/aromatic N) is 4. The third-order valence-corrected chi connectivity index (χ3v) is 8.23. The smallest absolute Gasteiger partial charge is 0.235 e. The van der Waals surface area contributed by atoms with Crippen LogP contribution in [0.25, 0.3) is 11.0 Å². The minimum absolute atomic E-state index is 0.201. The molecule has 2 aromatic carbocycles. The minimum Gasteiger partial charge on any atom is -0.368 e. The fourth-order valence-corrected chi connectivity index (χ4v) is 6.39. The second-order valence-electron chi connectivity index (χ2n) is 9.92. The highest BCUT2D eigenvalue weighted by atomic mass is 19.1. The molecule has 0 N–H and O–H groups in total. The lowest BCUT2D eigenvalue weighted by Crippen LogP contribution is -2.57.